The highest BCUT2D eigenvalue weighted by Crippen LogP contribution is 2.47. The van der Waals surface area contributed by atoms with Crippen LogP contribution in [0.2, 0.25) is 0 Å². The number of benzene rings is 7. The van der Waals surface area contributed by atoms with Gasteiger partial charge >= 0.3 is 0 Å². The van der Waals surface area contributed by atoms with Gasteiger partial charge in [-0.25, -0.2) is 15.0 Å². The van der Waals surface area contributed by atoms with Crippen molar-refractivity contribution in [1.29, 1.82) is 0 Å². The standard InChI is InChI=1S/C45H26N4S/c1-3-12-27(13-4-1)43-46-44(28-14-5-2-6-15-28)48-45(47-43)30-17-9-16-29(26-30)31-19-10-22-35-40-38(50-42(31)35)25-24-37-39(40)34-21-11-20-33-32-18-7-8-23-36(32)49(37)41(33)34/h1-26H. The van der Waals surface area contributed by atoms with E-state index in [-0.39, 0.29) is 0 Å². The van der Waals surface area contributed by atoms with Gasteiger partial charge in [0.2, 0.25) is 0 Å². The molecule has 0 spiro atoms. The first-order valence-electron chi connectivity index (χ1n) is 16.8. The average molecular weight is 655 g/mol. The second kappa shape index (κ2) is 10.5. The number of para-hydroxylation sites is 2. The molecule has 4 nitrogen and oxygen atoms in total. The minimum Gasteiger partial charge on any atom is -0.308 e. The maximum Gasteiger partial charge on any atom is 0.164 e. The van der Waals surface area contributed by atoms with Crippen molar-refractivity contribution in [3.8, 4) is 45.3 Å². The Morgan fingerprint density at radius 1 is 0.400 bits per heavy atom. The van der Waals surface area contributed by atoms with Gasteiger partial charge in [-0.2, -0.15) is 0 Å². The summed E-state index contributed by atoms with van der Waals surface area (Å²) in [4.78, 5) is 14.9. The Morgan fingerprint density at radius 3 is 1.76 bits per heavy atom. The van der Waals surface area contributed by atoms with Gasteiger partial charge in [-0.3, -0.25) is 0 Å². The molecule has 0 atom stereocenters. The van der Waals surface area contributed by atoms with E-state index >= 15 is 0 Å². The first-order chi connectivity index (χ1) is 24.8. The van der Waals surface area contributed by atoms with Crippen LogP contribution in [0.4, 0.5) is 0 Å². The third-order valence-electron chi connectivity index (χ3n) is 9.98. The van der Waals surface area contributed by atoms with E-state index in [1.165, 1.54) is 63.8 Å². The van der Waals surface area contributed by atoms with Gasteiger partial charge < -0.3 is 4.40 Å². The van der Waals surface area contributed by atoms with E-state index in [1.807, 2.05) is 72.0 Å². The topological polar surface area (TPSA) is 43.1 Å². The summed E-state index contributed by atoms with van der Waals surface area (Å²) in [5.41, 5.74) is 9.05. The predicted octanol–water partition coefficient (Wildman–Crippen LogP) is 12.1. The average Bonchev–Trinajstić information content (AvgIpc) is 3.85. The maximum absolute atomic E-state index is 5.00. The van der Waals surface area contributed by atoms with Crippen molar-refractivity contribution in [2.24, 2.45) is 0 Å². The number of hydrogen-bond acceptors (Lipinski definition) is 4. The molecule has 0 aliphatic carbocycles. The Bertz CT molecular complexity index is 3030. The molecule has 0 saturated heterocycles. The minimum absolute atomic E-state index is 0.656. The van der Waals surface area contributed by atoms with Crippen LogP contribution >= 0.6 is 11.3 Å². The number of aromatic nitrogens is 4. The van der Waals surface area contributed by atoms with Crippen molar-refractivity contribution in [2.75, 3.05) is 0 Å². The van der Waals surface area contributed by atoms with E-state index in [9.17, 15) is 0 Å². The quantitative estimate of drug-likeness (QED) is 0.190. The monoisotopic (exact) mass is 654 g/mol. The highest BCUT2D eigenvalue weighted by Gasteiger charge is 2.21. The highest BCUT2D eigenvalue weighted by molar-refractivity contribution is 7.26. The van der Waals surface area contributed by atoms with Crippen LogP contribution in [-0.2, 0) is 0 Å². The second-order valence-electron chi connectivity index (χ2n) is 12.8. The molecule has 11 rings (SSSR count). The van der Waals surface area contributed by atoms with Gasteiger partial charge in [-0.05, 0) is 35.4 Å². The van der Waals surface area contributed by atoms with Gasteiger partial charge in [-0.15, -0.1) is 11.3 Å². The SMILES string of the molecule is c1ccc(-c2nc(-c3ccccc3)nc(-c3cccc(-c4cccc5c4sc4ccc6c(c7cccc8c9ccccc9n6c87)c45)c3)n2)cc1. The van der Waals surface area contributed by atoms with Crippen molar-refractivity contribution in [3.05, 3.63) is 158 Å². The first kappa shape index (κ1) is 27.5. The van der Waals surface area contributed by atoms with E-state index in [4.69, 9.17) is 15.0 Å². The van der Waals surface area contributed by atoms with Crippen LogP contribution in [-0.4, -0.2) is 19.4 Å². The fourth-order valence-electron chi connectivity index (χ4n) is 7.80. The molecule has 0 radical (unpaired) electrons. The van der Waals surface area contributed by atoms with Gasteiger partial charge in [-0.1, -0.05) is 133 Å². The Hall–Kier alpha value is -6.43. The second-order valence-corrected chi connectivity index (χ2v) is 13.8. The molecule has 5 heteroatoms. The number of nitrogens with zero attached hydrogens (tertiary/aromatic N) is 4. The van der Waals surface area contributed by atoms with E-state index in [2.05, 4.69) is 101 Å². The van der Waals surface area contributed by atoms with Crippen molar-refractivity contribution < 1.29 is 0 Å². The molecule has 7 aromatic carbocycles. The van der Waals surface area contributed by atoms with Gasteiger partial charge in [0, 0.05) is 58.4 Å². The van der Waals surface area contributed by atoms with Gasteiger partial charge in [0.1, 0.15) is 0 Å². The summed E-state index contributed by atoms with van der Waals surface area (Å²) in [7, 11) is 0. The number of rotatable bonds is 4. The van der Waals surface area contributed by atoms with Crippen LogP contribution in [0.1, 0.15) is 0 Å². The molecule has 11 aromatic rings. The lowest BCUT2D eigenvalue weighted by molar-refractivity contribution is 1.07. The van der Waals surface area contributed by atoms with Crippen LogP contribution in [0.25, 0.3) is 104 Å². The van der Waals surface area contributed by atoms with Crippen LogP contribution in [0.3, 0.4) is 0 Å². The lowest BCUT2D eigenvalue weighted by atomic mass is 9.99. The molecule has 0 fully saturated rings. The zero-order valence-electron chi connectivity index (χ0n) is 26.7. The van der Waals surface area contributed by atoms with Crippen LogP contribution in [0.5, 0.6) is 0 Å². The fraction of sp³-hybridized carbons (Fsp3) is 0. The molecule has 50 heavy (non-hydrogen) atoms. The van der Waals surface area contributed by atoms with Crippen molar-refractivity contribution in [1.82, 2.24) is 19.4 Å². The molecule has 4 aromatic heterocycles. The fourth-order valence-corrected chi connectivity index (χ4v) is 9.05. The molecule has 0 amide bonds. The normalized spacial score (nSPS) is 12.0. The highest BCUT2D eigenvalue weighted by atomic mass is 32.1. The molecule has 0 bridgehead atoms. The molecule has 0 unspecified atom stereocenters. The smallest absolute Gasteiger partial charge is 0.164 e. The number of thiophene rings is 1. The summed E-state index contributed by atoms with van der Waals surface area (Å²) < 4.78 is 5.05. The zero-order valence-corrected chi connectivity index (χ0v) is 27.5. The largest absolute Gasteiger partial charge is 0.308 e. The zero-order chi connectivity index (χ0) is 32.8. The maximum atomic E-state index is 5.00. The lowest BCUT2D eigenvalue weighted by Gasteiger charge is -2.10. The molecule has 0 N–H and O–H groups in total. The van der Waals surface area contributed by atoms with Crippen molar-refractivity contribution in [3.63, 3.8) is 0 Å². The summed E-state index contributed by atoms with van der Waals surface area (Å²) in [5.74, 6) is 1.98. The Balaban J connectivity index is 1.12. The lowest BCUT2D eigenvalue weighted by Crippen LogP contribution is -2.00. The Labute approximate surface area is 290 Å². The minimum atomic E-state index is 0.656. The summed E-state index contributed by atoms with van der Waals surface area (Å²) in [6, 6.07) is 55.8. The molecule has 0 aliphatic rings. The van der Waals surface area contributed by atoms with Crippen molar-refractivity contribution >= 4 is 69.6 Å². The summed E-state index contributed by atoms with van der Waals surface area (Å²) in [6.07, 6.45) is 0. The molecule has 232 valence electrons. The van der Waals surface area contributed by atoms with Crippen LogP contribution in [0.15, 0.2) is 158 Å². The molecular formula is C45H26N4S. The van der Waals surface area contributed by atoms with E-state index in [0.717, 1.165) is 22.3 Å². The predicted molar refractivity (Wildman–Crippen MR) is 209 cm³/mol. The van der Waals surface area contributed by atoms with Crippen LogP contribution in [0, 0.1) is 0 Å². The number of fused-ring (bicyclic) bond motifs is 10. The molecule has 0 aliphatic heterocycles. The summed E-state index contributed by atoms with van der Waals surface area (Å²) in [6.45, 7) is 0. The summed E-state index contributed by atoms with van der Waals surface area (Å²) >= 11 is 1.87. The van der Waals surface area contributed by atoms with E-state index in [0.29, 0.717) is 17.5 Å². The van der Waals surface area contributed by atoms with Gasteiger partial charge in [0.25, 0.3) is 0 Å². The van der Waals surface area contributed by atoms with E-state index in [1.54, 1.807) is 0 Å². The van der Waals surface area contributed by atoms with Gasteiger partial charge in [0.15, 0.2) is 17.5 Å². The van der Waals surface area contributed by atoms with Crippen molar-refractivity contribution in [2.45, 2.75) is 0 Å². The Morgan fingerprint density at radius 2 is 0.980 bits per heavy atom. The van der Waals surface area contributed by atoms with Gasteiger partial charge in [0.05, 0.1) is 16.6 Å². The summed E-state index contributed by atoms with van der Waals surface area (Å²) in [5, 5.41) is 7.87. The first-order valence-corrected chi connectivity index (χ1v) is 17.6. The molecule has 0 saturated carbocycles. The van der Waals surface area contributed by atoms with E-state index < -0.39 is 0 Å². The Kier molecular flexibility index (Phi) is 5.80. The molecular weight excluding hydrogens is 629 g/mol. The third-order valence-corrected chi connectivity index (χ3v) is 11.2. The molecule has 4 heterocycles. The number of hydrogen-bond donors (Lipinski definition) is 0. The third kappa shape index (κ3) is 3.95. The van der Waals surface area contributed by atoms with Crippen LogP contribution < -0.4 is 0 Å².